The summed E-state index contributed by atoms with van der Waals surface area (Å²) in [7, 11) is 0. The van der Waals surface area contributed by atoms with E-state index in [1.165, 1.54) is 4.90 Å². The summed E-state index contributed by atoms with van der Waals surface area (Å²) in [6, 6.07) is 17.1. The highest BCUT2D eigenvalue weighted by Gasteiger charge is 2.45. The lowest BCUT2D eigenvalue weighted by molar-refractivity contribution is -0.305. The number of ketones is 1. The van der Waals surface area contributed by atoms with Crippen LogP contribution in [0.15, 0.2) is 66.2 Å². The molecule has 0 saturated carbocycles. The lowest BCUT2D eigenvalue weighted by atomic mass is 9.95. The molecule has 1 amide bonds. The van der Waals surface area contributed by atoms with Crippen molar-refractivity contribution in [2.75, 3.05) is 6.54 Å². The molecule has 0 radical (unpaired) electrons. The van der Waals surface area contributed by atoms with E-state index in [0.29, 0.717) is 31.4 Å². The number of aliphatic hydroxyl groups excluding tert-OH is 1. The van der Waals surface area contributed by atoms with Crippen LogP contribution < -0.4 is 5.11 Å². The zero-order valence-corrected chi connectivity index (χ0v) is 15.9. The molecule has 1 saturated heterocycles. The van der Waals surface area contributed by atoms with Crippen molar-refractivity contribution in [1.29, 1.82) is 0 Å². The fourth-order valence-corrected chi connectivity index (χ4v) is 3.57. The predicted molar refractivity (Wildman–Crippen MR) is 105 cm³/mol. The molecule has 0 aromatic heterocycles. The predicted octanol–water partition coefficient (Wildman–Crippen LogP) is 2.42. The van der Waals surface area contributed by atoms with Crippen LogP contribution >= 0.6 is 0 Å². The van der Waals surface area contributed by atoms with Gasteiger partial charge in [0.2, 0.25) is 0 Å². The second kappa shape index (κ2) is 9.19. The molecule has 1 N–H and O–H groups in total. The maximum Gasteiger partial charge on any atom is 0.295 e. The van der Waals surface area contributed by atoms with E-state index in [4.69, 9.17) is 0 Å². The van der Waals surface area contributed by atoms with Crippen molar-refractivity contribution in [3.8, 4) is 0 Å². The quantitative estimate of drug-likeness (QED) is 0.322. The van der Waals surface area contributed by atoms with Crippen LogP contribution in [-0.4, -0.2) is 34.2 Å². The highest BCUT2D eigenvalue weighted by atomic mass is 16.4. The molecule has 3 rings (SSSR count). The van der Waals surface area contributed by atoms with E-state index in [1.807, 2.05) is 30.3 Å². The van der Waals surface area contributed by atoms with Gasteiger partial charge in [-0.3, -0.25) is 9.59 Å². The van der Waals surface area contributed by atoms with Crippen molar-refractivity contribution < 1.29 is 24.6 Å². The van der Waals surface area contributed by atoms with Gasteiger partial charge < -0.3 is 19.9 Å². The number of unbranched alkanes of at least 4 members (excludes halogenated alkanes) is 2. The van der Waals surface area contributed by atoms with E-state index >= 15 is 0 Å². The number of amides is 1. The molecule has 1 aliphatic heterocycles. The van der Waals surface area contributed by atoms with Crippen LogP contribution in [0, 0.1) is 0 Å². The molecule has 2 aromatic rings. The molecule has 0 spiro atoms. The van der Waals surface area contributed by atoms with Crippen molar-refractivity contribution >= 4 is 23.4 Å². The number of Topliss-reactive ketones (excluding diaryl/α,β-unsaturated/α-hetero) is 1. The Labute approximate surface area is 169 Å². The van der Waals surface area contributed by atoms with E-state index in [2.05, 4.69) is 0 Å². The van der Waals surface area contributed by atoms with Gasteiger partial charge in [-0.05, 0) is 24.8 Å². The third-order valence-electron chi connectivity index (χ3n) is 4.98. The van der Waals surface area contributed by atoms with Gasteiger partial charge in [0.05, 0.1) is 11.6 Å². The number of aliphatic carboxylic acids is 1. The molecule has 150 valence electrons. The van der Waals surface area contributed by atoms with E-state index in [0.717, 1.165) is 5.56 Å². The Morgan fingerprint density at radius 2 is 1.55 bits per heavy atom. The first-order valence-corrected chi connectivity index (χ1v) is 9.59. The highest BCUT2D eigenvalue weighted by molar-refractivity contribution is 6.46. The number of likely N-dealkylation sites (tertiary alicyclic amines) is 1. The van der Waals surface area contributed by atoms with Crippen LogP contribution in [0.3, 0.4) is 0 Å². The van der Waals surface area contributed by atoms with Crippen molar-refractivity contribution in [1.82, 2.24) is 4.90 Å². The maximum absolute atomic E-state index is 12.8. The topological polar surface area (TPSA) is 97.7 Å². The Morgan fingerprint density at radius 1 is 0.931 bits per heavy atom. The minimum atomic E-state index is -1.10. The SMILES string of the molecule is O=C([O-])CCCCCN1C(=O)C(=O)C(=C(O)c2ccccc2)[C@@H]1c1ccccc1. The fourth-order valence-electron chi connectivity index (χ4n) is 3.57. The van der Waals surface area contributed by atoms with Gasteiger partial charge in [-0.2, -0.15) is 0 Å². The number of nitrogens with zero attached hydrogens (tertiary/aromatic N) is 1. The zero-order chi connectivity index (χ0) is 20.8. The largest absolute Gasteiger partial charge is 0.550 e. The summed E-state index contributed by atoms with van der Waals surface area (Å²) in [6.45, 7) is 0.294. The lowest BCUT2D eigenvalue weighted by Crippen LogP contribution is -2.30. The van der Waals surface area contributed by atoms with Gasteiger partial charge in [0.15, 0.2) is 0 Å². The van der Waals surface area contributed by atoms with Crippen molar-refractivity contribution in [3.63, 3.8) is 0 Å². The van der Waals surface area contributed by atoms with Gasteiger partial charge in [0.25, 0.3) is 11.7 Å². The Balaban J connectivity index is 1.93. The van der Waals surface area contributed by atoms with Gasteiger partial charge in [-0.1, -0.05) is 67.1 Å². The molecule has 0 aliphatic carbocycles. The third kappa shape index (κ3) is 4.54. The number of hydrogen-bond acceptors (Lipinski definition) is 5. The zero-order valence-electron chi connectivity index (χ0n) is 15.9. The summed E-state index contributed by atoms with van der Waals surface area (Å²) in [5.41, 5.74) is 1.28. The molecule has 0 unspecified atom stereocenters. The van der Waals surface area contributed by atoms with Crippen LogP contribution in [0.5, 0.6) is 0 Å². The van der Waals surface area contributed by atoms with Crippen molar-refractivity contribution in [3.05, 3.63) is 77.4 Å². The Hall–Kier alpha value is -3.41. The molecule has 6 nitrogen and oxygen atoms in total. The van der Waals surface area contributed by atoms with E-state index in [1.54, 1.807) is 30.3 Å². The number of carbonyl (C=O) groups excluding carboxylic acids is 3. The normalized spacial score (nSPS) is 18.2. The average molecular weight is 392 g/mol. The molecule has 29 heavy (non-hydrogen) atoms. The molecule has 0 bridgehead atoms. The first kappa shape index (κ1) is 20.3. The number of carbonyl (C=O) groups is 3. The van der Waals surface area contributed by atoms with Gasteiger partial charge in [0, 0.05) is 18.1 Å². The third-order valence-corrected chi connectivity index (χ3v) is 4.98. The summed E-state index contributed by atoms with van der Waals surface area (Å²) in [5, 5.41) is 21.4. The number of benzene rings is 2. The van der Waals surface area contributed by atoms with Crippen LogP contribution in [0.4, 0.5) is 0 Å². The summed E-state index contributed by atoms with van der Waals surface area (Å²) in [6.07, 6.45) is 1.56. The van der Waals surface area contributed by atoms with Gasteiger partial charge >= 0.3 is 0 Å². The maximum atomic E-state index is 12.8. The first-order chi connectivity index (χ1) is 14.0. The van der Waals surface area contributed by atoms with Gasteiger partial charge in [-0.15, -0.1) is 0 Å². The Morgan fingerprint density at radius 3 is 2.17 bits per heavy atom. The summed E-state index contributed by atoms with van der Waals surface area (Å²) in [5.74, 6) is -2.67. The van der Waals surface area contributed by atoms with Crippen molar-refractivity contribution in [2.24, 2.45) is 0 Å². The lowest BCUT2D eigenvalue weighted by Gasteiger charge is -2.25. The average Bonchev–Trinajstić information content (AvgIpc) is 2.99. The van der Waals surface area contributed by atoms with Crippen LogP contribution in [-0.2, 0) is 14.4 Å². The molecule has 1 heterocycles. The number of aliphatic hydroxyl groups is 1. The molecular formula is C23H22NO5-. The molecule has 2 aromatic carbocycles. The van der Waals surface area contributed by atoms with E-state index in [-0.39, 0.29) is 17.8 Å². The smallest absolute Gasteiger partial charge is 0.295 e. The van der Waals surface area contributed by atoms with Gasteiger partial charge in [-0.25, -0.2) is 0 Å². The monoisotopic (exact) mass is 392 g/mol. The van der Waals surface area contributed by atoms with Crippen LogP contribution in [0.2, 0.25) is 0 Å². The molecule has 6 heteroatoms. The van der Waals surface area contributed by atoms with Crippen molar-refractivity contribution in [2.45, 2.75) is 31.7 Å². The summed E-state index contributed by atoms with van der Waals surface area (Å²) in [4.78, 5) is 37.5. The molecule has 1 fully saturated rings. The highest BCUT2D eigenvalue weighted by Crippen LogP contribution is 2.39. The summed E-state index contributed by atoms with van der Waals surface area (Å²) < 4.78 is 0. The minimum absolute atomic E-state index is 0.0328. The van der Waals surface area contributed by atoms with E-state index < -0.39 is 23.7 Å². The first-order valence-electron chi connectivity index (χ1n) is 9.59. The fraction of sp³-hybridized carbons (Fsp3) is 0.261. The molecule has 1 atom stereocenters. The molecule has 1 aliphatic rings. The molecular weight excluding hydrogens is 370 g/mol. The number of carboxylic acids is 1. The second-order valence-corrected chi connectivity index (χ2v) is 6.95. The Kier molecular flexibility index (Phi) is 6.44. The minimum Gasteiger partial charge on any atom is -0.550 e. The van der Waals surface area contributed by atoms with E-state index in [9.17, 15) is 24.6 Å². The number of hydrogen-bond donors (Lipinski definition) is 1. The number of rotatable bonds is 8. The number of carboxylic acid groups (broad SMARTS) is 1. The standard InChI is InChI=1S/C23H23NO5/c25-18(26)14-8-3-9-15-24-20(16-10-4-1-5-11-16)19(22(28)23(24)29)21(27)17-12-6-2-7-13-17/h1-2,4-7,10-13,20,27H,3,8-9,14-15H2,(H,25,26)/p-1/t20-/m0/s1. The van der Waals surface area contributed by atoms with Gasteiger partial charge in [0.1, 0.15) is 5.76 Å². The van der Waals surface area contributed by atoms with Crippen LogP contribution in [0.1, 0.15) is 42.9 Å². The second-order valence-electron chi connectivity index (χ2n) is 6.95. The van der Waals surface area contributed by atoms with Crippen LogP contribution in [0.25, 0.3) is 5.76 Å². The Bertz CT molecular complexity index is 921. The summed E-state index contributed by atoms with van der Waals surface area (Å²) >= 11 is 0.